The third-order valence-electron chi connectivity index (χ3n) is 6.44. The molecule has 1 aliphatic rings. The van der Waals surface area contributed by atoms with E-state index in [0.29, 0.717) is 29.8 Å². The highest BCUT2D eigenvalue weighted by Crippen LogP contribution is 2.40. The van der Waals surface area contributed by atoms with Crippen LogP contribution in [0.3, 0.4) is 0 Å². The Balaban J connectivity index is 1.49. The number of aryl methyl sites for hydroxylation is 1. The number of fused-ring (bicyclic) bond motifs is 1. The van der Waals surface area contributed by atoms with Crippen LogP contribution in [0.25, 0.3) is 22.0 Å². The molecule has 0 bridgehead atoms. The zero-order chi connectivity index (χ0) is 30.1. The molecule has 4 aromatic rings. The van der Waals surface area contributed by atoms with Gasteiger partial charge >= 0.3 is 6.18 Å². The van der Waals surface area contributed by atoms with Crippen LogP contribution in [0.2, 0.25) is 0 Å². The van der Waals surface area contributed by atoms with Crippen molar-refractivity contribution in [1.82, 2.24) is 20.3 Å². The monoisotopic (exact) mass is 608 g/mol. The molecule has 15 heteroatoms. The maximum absolute atomic E-state index is 14.7. The van der Waals surface area contributed by atoms with Crippen LogP contribution >= 0.6 is 0 Å². The van der Waals surface area contributed by atoms with Crippen molar-refractivity contribution in [3.63, 3.8) is 0 Å². The van der Waals surface area contributed by atoms with Gasteiger partial charge in [0.15, 0.2) is 5.75 Å². The molecule has 0 unspecified atom stereocenters. The first-order valence-electron chi connectivity index (χ1n) is 12.8. The average molecular weight is 609 g/mol. The highest BCUT2D eigenvalue weighted by atomic mass is 32.2. The predicted molar refractivity (Wildman–Crippen MR) is 147 cm³/mol. The van der Waals surface area contributed by atoms with E-state index in [-0.39, 0.29) is 40.9 Å². The summed E-state index contributed by atoms with van der Waals surface area (Å²) in [6, 6.07) is 9.95. The lowest BCUT2D eigenvalue weighted by Crippen LogP contribution is -2.44. The van der Waals surface area contributed by atoms with Crippen molar-refractivity contribution in [2.24, 2.45) is 0 Å². The standard InChI is InChI=1S/C27H25F5N6O3S/c1-15-4-5-18-19(6-7-21(29)23(18)38-42(39,40)14-27(30,31)32)24(15)41-25-20(3-2-9-34-25)22-8-10-35-26(37-22)36-17-11-16(28)12-33-13-17/h2-10,16-17,33,38H,11-14H2,1H3,(H,35,36,37)/t16-,17-/m0/s1. The summed E-state index contributed by atoms with van der Waals surface area (Å²) in [6.45, 7) is 2.53. The largest absolute Gasteiger partial charge is 0.437 e. The Labute approximate surface area is 237 Å². The third kappa shape index (κ3) is 6.85. The summed E-state index contributed by atoms with van der Waals surface area (Å²) in [7, 11) is -4.96. The van der Waals surface area contributed by atoms with E-state index in [4.69, 9.17) is 4.74 Å². The van der Waals surface area contributed by atoms with E-state index in [1.165, 1.54) is 30.6 Å². The summed E-state index contributed by atoms with van der Waals surface area (Å²) < 4.78 is 99.1. The fraction of sp³-hybridized carbons (Fsp3) is 0.296. The molecular weight excluding hydrogens is 583 g/mol. The molecular formula is C27H25F5N6O3S. The fourth-order valence-electron chi connectivity index (χ4n) is 4.63. The van der Waals surface area contributed by atoms with Crippen LogP contribution < -0.4 is 20.1 Å². The van der Waals surface area contributed by atoms with Crippen LogP contribution in [0, 0.1) is 12.7 Å². The number of nitrogens with zero attached hydrogens (tertiary/aromatic N) is 3. The molecule has 42 heavy (non-hydrogen) atoms. The minimum atomic E-state index is -5.02. The molecule has 0 saturated carbocycles. The maximum atomic E-state index is 14.7. The zero-order valence-corrected chi connectivity index (χ0v) is 22.9. The number of aromatic nitrogens is 3. The molecule has 1 fully saturated rings. The number of alkyl halides is 4. The first kappa shape index (κ1) is 29.4. The number of nitrogens with one attached hydrogen (secondary N) is 3. The van der Waals surface area contributed by atoms with Crippen molar-refractivity contribution >= 4 is 32.4 Å². The van der Waals surface area contributed by atoms with Gasteiger partial charge in [0.25, 0.3) is 0 Å². The molecule has 2 aromatic heterocycles. The number of sulfonamides is 1. The summed E-state index contributed by atoms with van der Waals surface area (Å²) in [5.41, 5.74) is 0.811. The molecule has 0 spiro atoms. The van der Waals surface area contributed by atoms with E-state index in [2.05, 4.69) is 25.6 Å². The second kappa shape index (κ2) is 11.6. The number of benzene rings is 2. The van der Waals surface area contributed by atoms with E-state index >= 15 is 0 Å². The Morgan fingerprint density at radius 2 is 1.83 bits per heavy atom. The number of anilines is 2. The topological polar surface area (TPSA) is 118 Å². The minimum Gasteiger partial charge on any atom is -0.437 e. The predicted octanol–water partition coefficient (Wildman–Crippen LogP) is 5.35. The van der Waals surface area contributed by atoms with Gasteiger partial charge in [-0.15, -0.1) is 0 Å². The molecule has 222 valence electrons. The van der Waals surface area contributed by atoms with Crippen LogP contribution in [0.4, 0.5) is 33.6 Å². The minimum absolute atomic E-state index is 0.0142. The maximum Gasteiger partial charge on any atom is 0.404 e. The Morgan fingerprint density at radius 1 is 1.05 bits per heavy atom. The molecule has 9 nitrogen and oxygen atoms in total. The summed E-state index contributed by atoms with van der Waals surface area (Å²) in [6.07, 6.45) is -2.71. The fourth-order valence-corrected chi connectivity index (χ4v) is 5.65. The third-order valence-corrected chi connectivity index (χ3v) is 7.66. The molecule has 0 radical (unpaired) electrons. The summed E-state index contributed by atoms with van der Waals surface area (Å²) in [5, 5.41) is 6.34. The smallest absolute Gasteiger partial charge is 0.404 e. The van der Waals surface area contributed by atoms with Gasteiger partial charge < -0.3 is 15.4 Å². The second-order valence-electron chi connectivity index (χ2n) is 9.76. The van der Waals surface area contributed by atoms with Gasteiger partial charge in [0.05, 0.1) is 16.9 Å². The lowest BCUT2D eigenvalue weighted by molar-refractivity contribution is -0.106. The van der Waals surface area contributed by atoms with Crippen LogP contribution in [0.15, 0.2) is 54.9 Å². The van der Waals surface area contributed by atoms with Crippen molar-refractivity contribution in [1.29, 1.82) is 0 Å². The van der Waals surface area contributed by atoms with Crippen molar-refractivity contribution in [2.45, 2.75) is 31.7 Å². The Bertz CT molecular complexity index is 1720. The molecule has 3 N–H and O–H groups in total. The van der Waals surface area contributed by atoms with Crippen LogP contribution in [0.5, 0.6) is 11.6 Å². The van der Waals surface area contributed by atoms with Crippen molar-refractivity contribution in [3.05, 3.63) is 66.2 Å². The van der Waals surface area contributed by atoms with Gasteiger partial charge in [0.2, 0.25) is 21.9 Å². The Hall–Kier alpha value is -4.11. The number of pyridine rings is 1. The van der Waals surface area contributed by atoms with Gasteiger partial charge in [-0.3, -0.25) is 4.72 Å². The van der Waals surface area contributed by atoms with Crippen LogP contribution in [-0.4, -0.2) is 60.6 Å². The van der Waals surface area contributed by atoms with Gasteiger partial charge in [-0.2, -0.15) is 13.2 Å². The first-order chi connectivity index (χ1) is 19.9. The summed E-state index contributed by atoms with van der Waals surface area (Å²) >= 11 is 0. The van der Waals surface area contributed by atoms with Gasteiger partial charge in [0, 0.05) is 48.7 Å². The van der Waals surface area contributed by atoms with Gasteiger partial charge in [-0.25, -0.2) is 32.2 Å². The SMILES string of the molecule is Cc1ccc2c(NS(=O)(=O)CC(F)(F)F)c(F)ccc2c1Oc1ncccc1-c1ccnc(N[C@@H]2CNC[C@@H](F)C2)n1. The number of piperidine rings is 1. The molecule has 2 aromatic carbocycles. The molecule has 3 heterocycles. The highest BCUT2D eigenvalue weighted by Gasteiger charge is 2.36. The number of hydrogen-bond acceptors (Lipinski definition) is 8. The quantitative estimate of drug-likeness (QED) is 0.229. The van der Waals surface area contributed by atoms with Crippen molar-refractivity contribution in [2.75, 3.05) is 28.9 Å². The van der Waals surface area contributed by atoms with E-state index in [1.54, 1.807) is 29.8 Å². The zero-order valence-electron chi connectivity index (χ0n) is 22.0. The molecule has 0 aliphatic carbocycles. The van der Waals surface area contributed by atoms with E-state index < -0.39 is 39.6 Å². The Kier molecular flexibility index (Phi) is 8.14. The lowest BCUT2D eigenvalue weighted by Gasteiger charge is -2.26. The van der Waals surface area contributed by atoms with Gasteiger partial charge in [-0.05, 0) is 42.8 Å². The number of ether oxygens (including phenoxy) is 1. The summed E-state index contributed by atoms with van der Waals surface area (Å²) in [4.78, 5) is 13.1. The molecule has 5 rings (SSSR count). The molecule has 0 amide bonds. The van der Waals surface area contributed by atoms with Crippen molar-refractivity contribution < 1.29 is 35.1 Å². The average Bonchev–Trinajstić information content (AvgIpc) is 2.91. The Morgan fingerprint density at radius 3 is 2.60 bits per heavy atom. The van der Waals surface area contributed by atoms with E-state index in [0.717, 1.165) is 6.07 Å². The highest BCUT2D eigenvalue weighted by molar-refractivity contribution is 7.92. The van der Waals surface area contributed by atoms with Crippen LogP contribution in [0.1, 0.15) is 12.0 Å². The summed E-state index contributed by atoms with van der Waals surface area (Å²) in [5.74, 6) is -2.68. The van der Waals surface area contributed by atoms with E-state index in [1.807, 2.05) is 0 Å². The van der Waals surface area contributed by atoms with Crippen molar-refractivity contribution in [3.8, 4) is 22.9 Å². The number of halogens is 5. The lowest BCUT2D eigenvalue weighted by atomic mass is 10.0. The normalized spacial score (nSPS) is 17.7. The van der Waals surface area contributed by atoms with Gasteiger partial charge in [0.1, 0.15) is 17.7 Å². The first-order valence-corrected chi connectivity index (χ1v) is 14.4. The molecule has 1 saturated heterocycles. The second-order valence-corrected chi connectivity index (χ2v) is 11.5. The molecule has 1 aliphatic heterocycles. The molecule has 2 atom stereocenters. The number of rotatable bonds is 8. The van der Waals surface area contributed by atoms with Gasteiger partial charge in [-0.1, -0.05) is 12.1 Å². The van der Waals surface area contributed by atoms with E-state index in [9.17, 15) is 30.4 Å². The van der Waals surface area contributed by atoms with Crippen LogP contribution in [-0.2, 0) is 10.0 Å². The number of hydrogen-bond donors (Lipinski definition) is 3.